The molecule has 0 radical (unpaired) electrons. The lowest BCUT2D eigenvalue weighted by Gasteiger charge is -2.33. The number of aromatic nitrogens is 1. The Balaban J connectivity index is 1.72. The van der Waals surface area contributed by atoms with Crippen LogP contribution >= 0.6 is 0 Å². The maximum absolute atomic E-state index is 12.8. The minimum atomic E-state index is -0.347. The number of nitrogens with one attached hydrogen (secondary N) is 1. The van der Waals surface area contributed by atoms with Crippen LogP contribution in [0.15, 0.2) is 36.5 Å². The highest BCUT2D eigenvalue weighted by molar-refractivity contribution is 6.06. The average molecular weight is 398 g/mol. The van der Waals surface area contributed by atoms with Crippen LogP contribution in [0.3, 0.4) is 0 Å². The molecule has 0 aliphatic carbocycles. The third-order valence-electron chi connectivity index (χ3n) is 5.00. The van der Waals surface area contributed by atoms with E-state index < -0.39 is 0 Å². The molecule has 2 heterocycles. The van der Waals surface area contributed by atoms with Crippen molar-refractivity contribution in [2.75, 3.05) is 52.3 Å². The monoisotopic (exact) mass is 398 g/mol. The van der Waals surface area contributed by atoms with Crippen LogP contribution in [-0.4, -0.2) is 73.5 Å². The summed E-state index contributed by atoms with van der Waals surface area (Å²) in [4.78, 5) is 33.7. The predicted octanol–water partition coefficient (Wildman–Crippen LogP) is 2.13. The van der Waals surface area contributed by atoms with Gasteiger partial charge in [-0.1, -0.05) is 6.92 Å². The summed E-state index contributed by atoms with van der Waals surface area (Å²) in [6, 6.07) is 8.23. The van der Waals surface area contributed by atoms with Gasteiger partial charge in [-0.05, 0) is 30.8 Å². The Bertz CT molecular complexity index is 879. The normalized spacial score (nSPS) is 14.4. The number of hydrogen-bond donors (Lipinski definition) is 1. The van der Waals surface area contributed by atoms with Gasteiger partial charge in [0, 0.05) is 44.0 Å². The van der Waals surface area contributed by atoms with Crippen molar-refractivity contribution in [1.82, 2.24) is 14.8 Å². The fourth-order valence-electron chi connectivity index (χ4n) is 3.21. The van der Waals surface area contributed by atoms with E-state index in [9.17, 15) is 9.59 Å². The lowest BCUT2D eigenvalue weighted by Crippen LogP contribution is -2.48. The molecule has 8 heteroatoms. The number of carbonyl (C=O) groups is 2. The molecule has 0 unspecified atom stereocenters. The first-order chi connectivity index (χ1) is 14.0. The third-order valence-corrected chi connectivity index (χ3v) is 5.00. The van der Waals surface area contributed by atoms with Crippen LogP contribution in [0.4, 0.5) is 5.69 Å². The van der Waals surface area contributed by atoms with Gasteiger partial charge < -0.3 is 24.6 Å². The molecule has 1 N–H and O–H groups in total. The molecule has 0 atom stereocenters. The molecular formula is C21H26N4O4. The molecule has 3 rings (SSSR count). The van der Waals surface area contributed by atoms with E-state index >= 15 is 0 Å². The zero-order valence-electron chi connectivity index (χ0n) is 17.0. The lowest BCUT2D eigenvalue weighted by atomic mass is 10.1. The number of likely N-dealkylation sites (N-methyl/N-ethyl adjacent to an activating group) is 1. The number of amides is 2. The molecule has 1 fully saturated rings. The van der Waals surface area contributed by atoms with E-state index in [0.717, 1.165) is 19.6 Å². The Morgan fingerprint density at radius 2 is 1.83 bits per heavy atom. The van der Waals surface area contributed by atoms with E-state index in [2.05, 4.69) is 22.1 Å². The fraction of sp³-hybridized carbons (Fsp3) is 0.381. The van der Waals surface area contributed by atoms with Crippen molar-refractivity contribution in [2.45, 2.75) is 6.92 Å². The topological polar surface area (TPSA) is 84.0 Å². The van der Waals surface area contributed by atoms with Gasteiger partial charge in [-0.25, -0.2) is 0 Å². The first-order valence-corrected chi connectivity index (χ1v) is 9.56. The highest BCUT2D eigenvalue weighted by Crippen LogP contribution is 2.29. The summed E-state index contributed by atoms with van der Waals surface area (Å²) >= 11 is 0. The molecule has 0 spiro atoms. The molecule has 1 aliphatic heterocycles. The van der Waals surface area contributed by atoms with Crippen LogP contribution < -0.4 is 14.8 Å². The first-order valence-electron chi connectivity index (χ1n) is 9.56. The number of pyridine rings is 1. The second-order valence-electron chi connectivity index (χ2n) is 6.68. The minimum absolute atomic E-state index is 0.155. The largest absolute Gasteiger partial charge is 0.497 e. The predicted molar refractivity (Wildman–Crippen MR) is 110 cm³/mol. The average Bonchev–Trinajstić information content (AvgIpc) is 2.78. The van der Waals surface area contributed by atoms with Gasteiger partial charge in [0.15, 0.2) is 0 Å². The van der Waals surface area contributed by atoms with Gasteiger partial charge in [0.2, 0.25) is 0 Å². The molecule has 0 saturated carbocycles. The van der Waals surface area contributed by atoms with Crippen LogP contribution in [0.1, 0.15) is 27.8 Å². The number of rotatable bonds is 6. The Morgan fingerprint density at radius 3 is 2.48 bits per heavy atom. The van der Waals surface area contributed by atoms with Crippen LogP contribution in [0.25, 0.3) is 0 Å². The van der Waals surface area contributed by atoms with Gasteiger partial charge in [-0.15, -0.1) is 0 Å². The van der Waals surface area contributed by atoms with Gasteiger partial charge in [-0.2, -0.15) is 0 Å². The highest BCUT2D eigenvalue weighted by atomic mass is 16.5. The Labute approximate surface area is 170 Å². The van der Waals surface area contributed by atoms with Crippen molar-refractivity contribution in [1.29, 1.82) is 0 Å². The van der Waals surface area contributed by atoms with Crippen molar-refractivity contribution in [2.24, 2.45) is 0 Å². The van der Waals surface area contributed by atoms with Gasteiger partial charge in [0.05, 0.1) is 19.9 Å². The van der Waals surface area contributed by atoms with Crippen LogP contribution in [0, 0.1) is 0 Å². The van der Waals surface area contributed by atoms with Crippen LogP contribution in [0.5, 0.6) is 11.5 Å². The van der Waals surface area contributed by atoms with Gasteiger partial charge in [0.25, 0.3) is 11.8 Å². The summed E-state index contributed by atoms with van der Waals surface area (Å²) in [7, 11) is 3.08. The van der Waals surface area contributed by atoms with Gasteiger partial charge in [0.1, 0.15) is 17.2 Å². The second kappa shape index (κ2) is 9.38. The van der Waals surface area contributed by atoms with E-state index in [-0.39, 0.29) is 17.5 Å². The number of benzene rings is 1. The standard InChI is InChI=1S/C21H26N4O4/c1-4-24-9-11-25(12-10-24)21(27)18-13-15(7-8-22-18)20(26)23-17-6-5-16(28-2)14-19(17)29-3/h5-8,13-14H,4,9-12H2,1-3H3,(H,23,26). The summed E-state index contributed by atoms with van der Waals surface area (Å²) in [5, 5.41) is 2.81. The van der Waals surface area contributed by atoms with E-state index in [0.29, 0.717) is 35.8 Å². The molecule has 8 nitrogen and oxygen atoms in total. The SMILES string of the molecule is CCN1CCN(C(=O)c2cc(C(=O)Nc3ccc(OC)cc3OC)ccn2)CC1. The Morgan fingerprint density at radius 1 is 1.07 bits per heavy atom. The van der Waals surface area contributed by atoms with Crippen LogP contribution in [-0.2, 0) is 0 Å². The van der Waals surface area contributed by atoms with Crippen molar-refractivity contribution in [3.8, 4) is 11.5 Å². The number of hydrogen-bond acceptors (Lipinski definition) is 6. The van der Waals surface area contributed by atoms with Crippen LogP contribution in [0.2, 0.25) is 0 Å². The molecule has 2 aromatic rings. The second-order valence-corrected chi connectivity index (χ2v) is 6.68. The molecule has 154 valence electrons. The molecule has 1 aromatic heterocycles. The van der Waals surface area contributed by atoms with Crippen molar-refractivity contribution in [3.05, 3.63) is 47.8 Å². The number of methoxy groups -OCH3 is 2. The number of carbonyl (C=O) groups excluding carboxylic acids is 2. The maximum atomic E-state index is 12.8. The lowest BCUT2D eigenvalue weighted by molar-refractivity contribution is 0.0637. The van der Waals surface area contributed by atoms with Gasteiger partial charge in [-0.3, -0.25) is 14.6 Å². The molecular weight excluding hydrogens is 372 g/mol. The summed E-state index contributed by atoms with van der Waals surface area (Å²) in [6.45, 7) is 6.10. The van der Waals surface area contributed by atoms with Crippen molar-refractivity contribution < 1.29 is 19.1 Å². The molecule has 1 aliphatic rings. The molecule has 1 saturated heterocycles. The molecule has 1 aromatic carbocycles. The van der Waals surface area contributed by atoms with Crippen molar-refractivity contribution in [3.63, 3.8) is 0 Å². The summed E-state index contributed by atoms with van der Waals surface area (Å²) in [6.07, 6.45) is 1.48. The summed E-state index contributed by atoms with van der Waals surface area (Å²) < 4.78 is 10.5. The van der Waals surface area contributed by atoms with E-state index in [1.54, 1.807) is 36.3 Å². The van der Waals surface area contributed by atoms with E-state index in [4.69, 9.17) is 9.47 Å². The Kier molecular flexibility index (Phi) is 6.66. The fourth-order valence-corrected chi connectivity index (χ4v) is 3.21. The highest BCUT2D eigenvalue weighted by Gasteiger charge is 2.23. The molecule has 2 amide bonds. The third kappa shape index (κ3) is 4.83. The smallest absolute Gasteiger partial charge is 0.272 e. The number of nitrogens with zero attached hydrogens (tertiary/aromatic N) is 3. The Hall–Kier alpha value is -3.13. The van der Waals surface area contributed by atoms with Gasteiger partial charge >= 0.3 is 0 Å². The zero-order valence-corrected chi connectivity index (χ0v) is 17.0. The number of piperazine rings is 1. The van der Waals surface area contributed by atoms with E-state index in [1.165, 1.54) is 19.4 Å². The first kappa shape index (κ1) is 20.6. The number of anilines is 1. The number of ether oxygens (including phenoxy) is 2. The molecule has 29 heavy (non-hydrogen) atoms. The summed E-state index contributed by atoms with van der Waals surface area (Å²) in [5.74, 6) is 0.606. The zero-order chi connectivity index (χ0) is 20.8. The van der Waals surface area contributed by atoms with E-state index in [1.807, 2.05) is 0 Å². The minimum Gasteiger partial charge on any atom is -0.497 e. The quantitative estimate of drug-likeness (QED) is 0.803. The van der Waals surface area contributed by atoms with Crippen molar-refractivity contribution >= 4 is 17.5 Å². The maximum Gasteiger partial charge on any atom is 0.272 e. The molecule has 0 bridgehead atoms. The summed E-state index contributed by atoms with van der Waals surface area (Å²) in [5.41, 5.74) is 1.14.